The maximum atomic E-state index is 12.2. The van der Waals surface area contributed by atoms with Crippen LogP contribution in [-0.4, -0.2) is 61.9 Å². The summed E-state index contributed by atoms with van der Waals surface area (Å²) in [6.07, 6.45) is 20.0. The van der Waals surface area contributed by atoms with Gasteiger partial charge in [0.2, 0.25) is 0 Å². The SMILES string of the molecule is CCCCCCCCCCOC(C)CC(C[N+](C)(C)C)(OP(=O)([O-])O)C(CCN)CCCCCCCCC. The van der Waals surface area contributed by atoms with Crippen molar-refractivity contribution in [1.82, 2.24) is 0 Å². The van der Waals surface area contributed by atoms with Crippen LogP contribution in [0.25, 0.3) is 0 Å². The van der Waals surface area contributed by atoms with Gasteiger partial charge < -0.3 is 29.3 Å². The summed E-state index contributed by atoms with van der Waals surface area (Å²) in [5.41, 5.74) is 4.97. The summed E-state index contributed by atoms with van der Waals surface area (Å²) in [6, 6.07) is 0. The second kappa shape index (κ2) is 21.7. The van der Waals surface area contributed by atoms with Gasteiger partial charge in [0.15, 0.2) is 0 Å². The summed E-state index contributed by atoms with van der Waals surface area (Å²) in [4.78, 5) is 22.1. The van der Waals surface area contributed by atoms with Crippen molar-refractivity contribution in [3.63, 3.8) is 0 Å². The fourth-order valence-electron chi connectivity index (χ4n) is 5.82. The van der Waals surface area contributed by atoms with Crippen LogP contribution in [-0.2, 0) is 13.8 Å². The highest BCUT2D eigenvalue weighted by Crippen LogP contribution is 2.46. The Morgan fingerprint density at radius 1 is 0.842 bits per heavy atom. The van der Waals surface area contributed by atoms with E-state index in [4.69, 9.17) is 15.0 Å². The Balaban J connectivity index is 5.28. The second-order valence-electron chi connectivity index (χ2n) is 12.6. The number of phosphoric ester groups is 1. The highest BCUT2D eigenvalue weighted by atomic mass is 31.2. The molecule has 230 valence electrons. The first-order chi connectivity index (χ1) is 17.9. The van der Waals surface area contributed by atoms with Crippen LogP contribution in [0.4, 0.5) is 0 Å². The van der Waals surface area contributed by atoms with Crippen LogP contribution >= 0.6 is 7.82 Å². The molecule has 0 bridgehead atoms. The molecular formula is C30H65N2O5P. The molecule has 3 N–H and O–H groups in total. The Bertz CT molecular complexity index is 596. The molecule has 0 rings (SSSR count). The molecule has 0 fully saturated rings. The molecule has 0 aliphatic carbocycles. The monoisotopic (exact) mass is 564 g/mol. The molecule has 0 saturated carbocycles. The highest BCUT2D eigenvalue weighted by molar-refractivity contribution is 7.44. The van der Waals surface area contributed by atoms with Crippen LogP contribution in [0.15, 0.2) is 0 Å². The molecule has 4 unspecified atom stereocenters. The Morgan fingerprint density at radius 2 is 1.32 bits per heavy atom. The number of hydrogen-bond donors (Lipinski definition) is 2. The van der Waals surface area contributed by atoms with Crippen molar-refractivity contribution in [3.8, 4) is 0 Å². The molecule has 38 heavy (non-hydrogen) atoms. The maximum Gasteiger partial charge on any atom is 0.266 e. The maximum absolute atomic E-state index is 12.2. The molecule has 0 radical (unpaired) electrons. The van der Waals surface area contributed by atoms with Gasteiger partial charge in [-0.1, -0.05) is 104 Å². The Labute approximate surface area is 236 Å². The zero-order valence-electron chi connectivity index (χ0n) is 26.1. The van der Waals surface area contributed by atoms with E-state index in [1.54, 1.807) is 0 Å². The molecule has 0 aliphatic heterocycles. The van der Waals surface area contributed by atoms with E-state index in [-0.39, 0.29) is 12.0 Å². The average molecular weight is 565 g/mol. The minimum Gasteiger partial charge on any atom is -0.756 e. The van der Waals surface area contributed by atoms with Crippen LogP contribution in [0, 0.1) is 5.92 Å². The number of rotatable bonds is 27. The van der Waals surface area contributed by atoms with E-state index >= 15 is 0 Å². The predicted octanol–water partition coefficient (Wildman–Crippen LogP) is 6.95. The van der Waals surface area contributed by atoms with Crippen LogP contribution in [0.1, 0.15) is 136 Å². The van der Waals surface area contributed by atoms with Gasteiger partial charge in [-0.05, 0) is 38.6 Å². The first kappa shape index (κ1) is 38.0. The normalized spacial score (nSPS) is 17.2. The first-order valence-corrected chi connectivity index (χ1v) is 17.2. The van der Waals surface area contributed by atoms with Gasteiger partial charge in [0.1, 0.15) is 12.1 Å². The van der Waals surface area contributed by atoms with E-state index in [0.717, 1.165) is 32.1 Å². The summed E-state index contributed by atoms with van der Waals surface area (Å²) in [5.74, 6) is -0.0795. The van der Waals surface area contributed by atoms with Gasteiger partial charge in [0, 0.05) is 13.0 Å². The van der Waals surface area contributed by atoms with E-state index in [1.165, 1.54) is 70.6 Å². The summed E-state index contributed by atoms with van der Waals surface area (Å²) in [5, 5.41) is 0. The van der Waals surface area contributed by atoms with Crippen molar-refractivity contribution >= 4 is 7.82 Å². The molecule has 7 nitrogen and oxygen atoms in total. The molecule has 4 atom stereocenters. The number of phosphoric acid groups is 1. The Kier molecular flexibility index (Phi) is 21.7. The van der Waals surface area contributed by atoms with Crippen molar-refractivity contribution in [2.45, 2.75) is 148 Å². The second-order valence-corrected chi connectivity index (χ2v) is 13.7. The molecule has 0 saturated heterocycles. The van der Waals surface area contributed by atoms with Crippen LogP contribution in [0.2, 0.25) is 0 Å². The predicted molar refractivity (Wildman–Crippen MR) is 159 cm³/mol. The molecule has 0 amide bonds. The van der Waals surface area contributed by atoms with Gasteiger partial charge in [-0.2, -0.15) is 0 Å². The largest absolute Gasteiger partial charge is 0.756 e. The summed E-state index contributed by atoms with van der Waals surface area (Å²) in [6.45, 7) is 8.02. The third-order valence-corrected chi connectivity index (χ3v) is 8.08. The Hall–Kier alpha value is -0.0100. The number of ether oxygens (including phenoxy) is 1. The summed E-state index contributed by atoms with van der Waals surface area (Å²) in [7, 11) is 1.12. The molecular weight excluding hydrogens is 499 g/mol. The van der Waals surface area contributed by atoms with Crippen LogP contribution in [0.3, 0.4) is 0 Å². The van der Waals surface area contributed by atoms with Crippen molar-refractivity contribution in [2.75, 3.05) is 40.8 Å². The van der Waals surface area contributed by atoms with Crippen molar-refractivity contribution in [1.29, 1.82) is 0 Å². The minimum absolute atomic E-state index is 0.0795. The fourth-order valence-corrected chi connectivity index (χ4v) is 6.56. The fraction of sp³-hybridized carbons (Fsp3) is 1.00. The lowest BCUT2D eigenvalue weighted by molar-refractivity contribution is -0.877. The molecule has 0 aromatic rings. The lowest BCUT2D eigenvalue weighted by Gasteiger charge is -2.46. The van der Waals surface area contributed by atoms with E-state index in [9.17, 15) is 14.4 Å². The third-order valence-electron chi connectivity index (χ3n) is 7.49. The standard InChI is InChI=1S/C30H65N2O5P/c1-7-9-11-13-15-17-19-21-25-36-28(3)26-30(27-32(4,5)6,37-38(33,34)35)29(23-24-31)22-20-18-16-14-12-10-8-2/h28-29H,7-27,31H2,1-6H3,(H-,33,34,35). The Morgan fingerprint density at radius 3 is 1.76 bits per heavy atom. The lowest BCUT2D eigenvalue weighted by Crippen LogP contribution is -2.56. The number of unbranched alkanes of at least 4 members (excludes halogenated alkanes) is 13. The van der Waals surface area contributed by atoms with E-state index in [1.807, 2.05) is 28.1 Å². The highest BCUT2D eigenvalue weighted by Gasteiger charge is 2.47. The smallest absolute Gasteiger partial charge is 0.266 e. The van der Waals surface area contributed by atoms with Gasteiger partial charge in [0.05, 0.1) is 27.2 Å². The summed E-state index contributed by atoms with van der Waals surface area (Å²) < 4.78 is 24.6. The van der Waals surface area contributed by atoms with E-state index in [0.29, 0.717) is 37.0 Å². The minimum atomic E-state index is -4.97. The van der Waals surface area contributed by atoms with Crippen molar-refractivity contribution in [3.05, 3.63) is 0 Å². The molecule has 8 heteroatoms. The molecule has 0 heterocycles. The van der Waals surface area contributed by atoms with Crippen LogP contribution in [0.5, 0.6) is 0 Å². The number of hydrogen-bond acceptors (Lipinski definition) is 5. The number of nitrogens with two attached hydrogens (primary N) is 1. The average Bonchev–Trinajstić information content (AvgIpc) is 2.79. The van der Waals surface area contributed by atoms with E-state index < -0.39 is 13.4 Å². The van der Waals surface area contributed by atoms with Crippen molar-refractivity contribution in [2.24, 2.45) is 11.7 Å². The van der Waals surface area contributed by atoms with Crippen molar-refractivity contribution < 1.29 is 28.1 Å². The summed E-state index contributed by atoms with van der Waals surface area (Å²) >= 11 is 0. The molecule has 0 aromatic carbocycles. The van der Waals surface area contributed by atoms with Gasteiger partial charge >= 0.3 is 0 Å². The van der Waals surface area contributed by atoms with Gasteiger partial charge in [-0.15, -0.1) is 0 Å². The quantitative estimate of drug-likeness (QED) is 0.0635. The zero-order chi connectivity index (χ0) is 28.9. The molecule has 0 spiro atoms. The topological polar surface area (TPSA) is 105 Å². The molecule has 0 aromatic heterocycles. The van der Waals surface area contributed by atoms with E-state index in [2.05, 4.69) is 13.8 Å². The lowest BCUT2D eigenvalue weighted by atomic mass is 9.77. The van der Waals surface area contributed by atoms with Gasteiger partial charge in [-0.25, -0.2) is 0 Å². The number of quaternary nitrogens is 1. The van der Waals surface area contributed by atoms with Gasteiger partial charge in [-0.3, -0.25) is 4.57 Å². The zero-order valence-corrected chi connectivity index (χ0v) is 27.0. The van der Waals surface area contributed by atoms with Crippen LogP contribution < -0.4 is 10.6 Å². The number of likely N-dealkylation sites (N-methyl/N-ethyl adjacent to an activating group) is 1. The molecule has 0 aliphatic rings. The first-order valence-electron chi connectivity index (χ1n) is 15.8. The third kappa shape index (κ3) is 20.8. The number of nitrogens with zero attached hydrogens (tertiary/aromatic N) is 1. The van der Waals surface area contributed by atoms with Gasteiger partial charge in [0.25, 0.3) is 7.82 Å².